The second kappa shape index (κ2) is 8.96. The zero-order chi connectivity index (χ0) is 19.2. The van der Waals surface area contributed by atoms with Crippen LogP contribution in [-0.2, 0) is 4.74 Å². The van der Waals surface area contributed by atoms with Crippen molar-refractivity contribution in [2.75, 3.05) is 62.7 Å². The summed E-state index contributed by atoms with van der Waals surface area (Å²) in [4.78, 5) is 17.3. The molecular weight excluding hydrogens is 414 g/mol. The Morgan fingerprint density at radius 3 is 2.74 bits per heavy atom. The van der Waals surface area contributed by atoms with E-state index in [1.165, 1.54) is 0 Å². The predicted molar refractivity (Wildman–Crippen MR) is 109 cm³/mol. The van der Waals surface area contributed by atoms with E-state index in [-0.39, 0.29) is 0 Å². The average molecular weight is 436 g/mol. The Hall–Kier alpha value is -2.46. The highest BCUT2D eigenvalue weighted by Gasteiger charge is 2.17. The lowest BCUT2D eigenvalue weighted by molar-refractivity contribution is 0.122. The molecule has 3 rings (SSSR count). The van der Waals surface area contributed by atoms with Crippen LogP contribution in [0.5, 0.6) is 5.75 Å². The number of hydrogen-bond donors (Lipinski definition) is 1. The number of nitrogens with zero attached hydrogens (tertiary/aromatic N) is 6. The monoisotopic (exact) mass is 435 g/mol. The van der Waals surface area contributed by atoms with Gasteiger partial charge in [-0.2, -0.15) is 20.1 Å². The van der Waals surface area contributed by atoms with Gasteiger partial charge in [0.15, 0.2) is 0 Å². The fourth-order valence-electron chi connectivity index (χ4n) is 2.47. The number of ether oxygens (including phenoxy) is 2. The minimum Gasteiger partial charge on any atom is -0.496 e. The Morgan fingerprint density at radius 2 is 2.04 bits per heavy atom. The van der Waals surface area contributed by atoms with Crippen LogP contribution in [-0.4, -0.2) is 68.7 Å². The number of halogens is 1. The minimum absolute atomic E-state index is 0.375. The lowest BCUT2D eigenvalue weighted by Gasteiger charge is -2.27. The number of methoxy groups -OCH3 is 1. The Morgan fingerprint density at radius 1 is 1.26 bits per heavy atom. The largest absolute Gasteiger partial charge is 0.496 e. The van der Waals surface area contributed by atoms with Gasteiger partial charge in [0, 0.05) is 37.2 Å². The van der Waals surface area contributed by atoms with Gasteiger partial charge in [-0.15, -0.1) is 0 Å². The smallest absolute Gasteiger partial charge is 0.250 e. The third kappa shape index (κ3) is 5.04. The molecule has 1 aromatic heterocycles. The summed E-state index contributed by atoms with van der Waals surface area (Å²) in [6.45, 7) is 2.81. The second-order valence-corrected chi connectivity index (χ2v) is 6.92. The van der Waals surface area contributed by atoms with E-state index >= 15 is 0 Å². The van der Waals surface area contributed by atoms with Gasteiger partial charge >= 0.3 is 0 Å². The molecule has 0 spiro atoms. The first-order valence-electron chi connectivity index (χ1n) is 8.45. The van der Waals surface area contributed by atoms with Gasteiger partial charge in [-0.1, -0.05) is 15.9 Å². The summed E-state index contributed by atoms with van der Waals surface area (Å²) < 4.78 is 11.7. The molecule has 0 saturated carbocycles. The third-order valence-electron chi connectivity index (χ3n) is 3.87. The normalized spacial score (nSPS) is 14.4. The van der Waals surface area contributed by atoms with E-state index in [0.717, 1.165) is 28.9 Å². The summed E-state index contributed by atoms with van der Waals surface area (Å²) in [6.07, 6.45) is 1.66. The third-order valence-corrected chi connectivity index (χ3v) is 4.36. The number of hydrazone groups is 1. The second-order valence-electron chi connectivity index (χ2n) is 6.01. The first kappa shape index (κ1) is 19.3. The summed E-state index contributed by atoms with van der Waals surface area (Å²) in [5, 5.41) is 4.26. The van der Waals surface area contributed by atoms with E-state index in [1.54, 1.807) is 13.3 Å². The summed E-state index contributed by atoms with van der Waals surface area (Å²) in [5.41, 5.74) is 3.72. The Bertz CT molecular complexity index is 810. The van der Waals surface area contributed by atoms with Crippen molar-refractivity contribution >= 4 is 40.0 Å². The van der Waals surface area contributed by atoms with Gasteiger partial charge in [0.05, 0.1) is 26.5 Å². The van der Waals surface area contributed by atoms with E-state index in [0.29, 0.717) is 31.1 Å². The zero-order valence-corrected chi connectivity index (χ0v) is 17.1. The van der Waals surface area contributed by atoms with Crippen LogP contribution in [0.15, 0.2) is 27.8 Å². The highest BCUT2D eigenvalue weighted by Crippen LogP contribution is 2.21. The Labute approximate surface area is 166 Å². The number of morpholine rings is 1. The molecule has 1 N–H and O–H groups in total. The molecule has 0 atom stereocenters. The molecule has 0 aliphatic carbocycles. The molecule has 1 fully saturated rings. The molecule has 0 radical (unpaired) electrons. The SMILES string of the molecule is COc1ccc(Br)cc1C=NNc1nc(N(C)C)nc(N2CCOCC2)n1. The number of hydrogen-bond acceptors (Lipinski definition) is 9. The molecule has 9 nitrogen and oxygen atoms in total. The maximum atomic E-state index is 5.40. The van der Waals surface area contributed by atoms with Gasteiger partial charge in [-0.25, -0.2) is 5.43 Å². The lowest BCUT2D eigenvalue weighted by atomic mass is 10.2. The molecule has 1 saturated heterocycles. The van der Waals surface area contributed by atoms with Crippen molar-refractivity contribution in [2.24, 2.45) is 5.10 Å². The maximum Gasteiger partial charge on any atom is 0.250 e. The molecule has 10 heteroatoms. The molecule has 1 aliphatic heterocycles. The summed E-state index contributed by atoms with van der Waals surface area (Å²) in [6, 6.07) is 5.70. The van der Waals surface area contributed by atoms with Gasteiger partial charge < -0.3 is 19.3 Å². The van der Waals surface area contributed by atoms with Crippen LogP contribution in [0.1, 0.15) is 5.56 Å². The van der Waals surface area contributed by atoms with Crippen molar-refractivity contribution in [1.82, 2.24) is 15.0 Å². The van der Waals surface area contributed by atoms with Crippen LogP contribution in [0.2, 0.25) is 0 Å². The number of benzene rings is 1. The Balaban J connectivity index is 1.81. The van der Waals surface area contributed by atoms with Crippen LogP contribution in [0, 0.1) is 0 Å². The van der Waals surface area contributed by atoms with Gasteiger partial charge in [0.1, 0.15) is 5.75 Å². The minimum atomic E-state index is 0.375. The van der Waals surface area contributed by atoms with Crippen LogP contribution < -0.4 is 20.0 Å². The van der Waals surface area contributed by atoms with Gasteiger partial charge in [-0.3, -0.25) is 0 Å². The van der Waals surface area contributed by atoms with E-state index in [4.69, 9.17) is 9.47 Å². The molecule has 1 aromatic carbocycles. The molecule has 1 aliphatic rings. The molecule has 0 unspecified atom stereocenters. The first-order valence-corrected chi connectivity index (χ1v) is 9.25. The van der Waals surface area contributed by atoms with Gasteiger partial charge in [-0.05, 0) is 18.2 Å². The number of nitrogens with one attached hydrogen (secondary N) is 1. The van der Waals surface area contributed by atoms with E-state index in [1.807, 2.05) is 37.2 Å². The van der Waals surface area contributed by atoms with Crippen molar-refractivity contribution < 1.29 is 9.47 Å². The standard InChI is InChI=1S/C17H22BrN7O2/c1-24(2)16-20-15(21-17(22-16)25-6-8-27-9-7-25)23-19-11-12-10-13(18)4-5-14(12)26-3/h4-5,10-11H,6-9H2,1-3H3,(H,20,21,22,23). The molecule has 27 heavy (non-hydrogen) atoms. The van der Waals surface area contributed by atoms with Crippen molar-refractivity contribution in [3.05, 3.63) is 28.2 Å². The van der Waals surface area contributed by atoms with Crippen molar-refractivity contribution in [2.45, 2.75) is 0 Å². The van der Waals surface area contributed by atoms with Crippen LogP contribution >= 0.6 is 15.9 Å². The van der Waals surface area contributed by atoms with Crippen LogP contribution in [0.25, 0.3) is 0 Å². The maximum absolute atomic E-state index is 5.40. The Kier molecular flexibility index (Phi) is 6.40. The van der Waals surface area contributed by atoms with Gasteiger partial charge in [0.25, 0.3) is 0 Å². The molecule has 144 valence electrons. The topological polar surface area (TPSA) is 88.0 Å². The fraction of sp³-hybridized carbons (Fsp3) is 0.412. The average Bonchev–Trinajstić information content (AvgIpc) is 2.68. The summed E-state index contributed by atoms with van der Waals surface area (Å²) in [5.74, 6) is 2.27. The number of anilines is 3. The molecule has 0 amide bonds. The molecule has 2 aromatic rings. The molecular formula is C17H22BrN7O2. The van der Waals surface area contributed by atoms with E-state index in [2.05, 4.69) is 46.3 Å². The highest BCUT2D eigenvalue weighted by atomic mass is 79.9. The predicted octanol–water partition coefficient (Wildman–Crippen LogP) is 1.99. The van der Waals surface area contributed by atoms with Crippen molar-refractivity contribution in [1.29, 1.82) is 0 Å². The number of rotatable bonds is 6. The van der Waals surface area contributed by atoms with Gasteiger partial charge in [0.2, 0.25) is 17.8 Å². The van der Waals surface area contributed by atoms with E-state index < -0.39 is 0 Å². The summed E-state index contributed by atoms with van der Waals surface area (Å²) >= 11 is 3.45. The molecule has 0 bridgehead atoms. The lowest BCUT2D eigenvalue weighted by Crippen LogP contribution is -2.37. The number of aromatic nitrogens is 3. The van der Waals surface area contributed by atoms with Crippen molar-refractivity contribution in [3.63, 3.8) is 0 Å². The van der Waals surface area contributed by atoms with E-state index in [9.17, 15) is 0 Å². The summed E-state index contributed by atoms with van der Waals surface area (Å²) in [7, 11) is 5.40. The highest BCUT2D eigenvalue weighted by molar-refractivity contribution is 9.10. The first-order chi connectivity index (χ1) is 13.1. The molecule has 2 heterocycles. The van der Waals surface area contributed by atoms with Crippen molar-refractivity contribution in [3.8, 4) is 5.75 Å². The van der Waals surface area contributed by atoms with Crippen LogP contribution in [0.4, 0.5) is 17.8 Å². The quantitative estimate of drug-likeness (QED) is 0.544. The fourth-order valence-corrected chi connectivity index (χ4v) is 2.85. The van der Waals surface area contributed by atoms with Crippen LogP contribution in [0.3, 0.4) is 0 Å². The zero-order valence-electron chi connectivity index (χ0n) is 15.5.